The molecule has 4 N–H and O–H groups in total. The third-order valence-corrected chi connectivity index (χ3v) is 6.51. The number of ether oxygens (including phenoxy) is 1. The van der Waals surface area contributed by atoms with Crippen molar-refractivity contribution in [2.45, 2.75) is 37.8 Å². The molecule has 1 aromatic carbocycles. The van der Waals surface area contributed by atoms with Gasteiger partial charge in [-0.25, -0.2) is 28.1 Å². The van der Waals surface area contributed by atoms with Crippen molar-refractivity contribution >= 4 is 5.65 Å². The summed E-state index contributed by atoms with van der Waals surface area (Å²) in [6, 6.07) is 9.54. The lowest BCUT2D eigenvalue weighted by Gasteiger charge is -2.26. The number of nitrogens with zero attached hydrogens (tertiary/aromatic N) is 3. The molecule has 0 saturated carbocycles. The molecule has 0 radical (unpaired) electrons. The van der Waals surface area contributed by atoms with Crippen molar-refractivity contribution in [3.8, 4) is 23.0 Å². The Hall–Kier alpha value is -3.91. The van der Waals surface area contributed by atoms with E-state index >= 15 is 0 Å². The highest BCUT2D eigenvalue weighted by Crippen LogP contribution is 2.31. The van der Waals surface area contributed by atoms with E-state index in [0.717, 1.165) is 6.07 Å². The zero-order chi connectivity index (χ0) is 26.2. The number of nitrogens with two attached hydrogens (primary N) is 1. The highest BCUT2D eigenvalue weighted by Gasteiger charge is 2.27. The lowest BCUT2D eigenvalue weighted by atomic mass is 9.94. The van der Waals surface area contributed by atoms with Crippen molar-refractivity contribution in [2.75, 3.05) is 13.2 Å². The van der Waals surface area contributed by atoms with Gasteiger partial charge in [0.05, 0.1) is 24.9 Å². The van der Waals surface area contributed by atoms with E-state index in [-0.39, 0.29) is 12.1 Å². The summed E-state index contributed by atoms with van der Waals surface area (Å²) in [5.41, 5.74) is 8.66. The molecule has 0 bridgehead atoms. The Labute approximate surface area is 211 Å². The third kappa shape index (κ3) is 5.15. The topological polar surface area (TPSA) is 119 Å². The van der Waals surface area contributed by atoms with Gasteiger partial charge < -0.3 is 15.6 Å². The standard InChI is InChI=1S/C27H25F2N5O3/c1-16-21(4-5-24-32-33-26(35)34(16)24)22-3-2-20(6-7-27(36)8-10-37-11-9-27)31-25(22)23(30)14-17-12-18(28)15-19(29)13-17/h2-5,12-13,15,23,36H,8-11,14,30H2,1H3,(H,33,35)/t23-/m0/s1. The first-order valence-corrected chi connectivity index (χ1v) is 11.8. The lowest BCUT2D eigenvalue weighted by molar-refractivity contribution is -0.0262. The second-order valence-corrected chi connectivity index (χ2v) is 9.17. The van der Waals surface area contributed by atoms with E-state index in [9.17, 15) is 18.7 Å². The molecule has 4 heterocycles. The number of fused-ring (bicyclic) bond motifs is 1. The van der Waals surface area contributed by atoms with Crippen molar-refractivity contribution in [1.29, 1.82) is 0 Å². The van der Waals surface area contributed by atoms with Gasteiger partial charge in [0.1, 0.15) is 22.9 Å². The number of H-pyrrole nitrogens is 1. The minimum Gasteiger partial charge on any atom is -0.381 e. The van der Waals surface area contributed by atoms with Crippen molar-refractivity contribution in [1.82, 2.24) is 19.6 Å². The average Bonchev–Trinajstić information content (AvgIpc) is 3.24. The van der Waals surface area contributed by atoms with E-state index in [4.69, 9.17) is 15.5 Å². The van der Waals surface area contributed by atoms with Crippen LogP contribution in [-0.4, -0.2) is 43.5 Å². The number of aliphatic hydroxyl groups is 1. The Bertz CT molecular complexity index is 1580. The molecule has 0 amide bonds. The maximum atomic E-state index is 13.8. The van der Waals surface area contributed by atoms with Gasteiger partial charge in [0.2, 0.25) is 0 Å². The van der Waals surface area contributed by atoms with Crippen LogP contribution in [0.1, 0.15) is 41.5 Å². The number of nitrogens with one attached hydrogen (secondary N) is 1. The van der Waals surface area contributed by atoms with Gasteiger partial charge in [-0.2, -0.15) is 5.10 Å². The Morgan fingerprint density at radius 3 is 2.59 bits per heavy atom. The zero-order valence-corrected chi connectivity index (χ0v) is 20.1. The molecule has 3 aromatic heterocycles. The Balaban J connectivity index is 1.60. The fraction of sp³-hybridized carbons (Fsp3) is 0.296. The molecular formula is C27H25F2N5O3. The smallest absolute Gasteiger partial charge is 0.347 e. The molecule has 4 aromatic rings. The summed E-state index contributed by atoms with van der Waals surface area (Å²) in [6.07, 6.45) is 0.905. The number of pyridine rings is 2. The van der Waals surface area contributed by atoms with E-state index < -0.39 is 23.3 Å². The maximum Gasteiger partial charge on any atom is 0.347 e. The van der Waals surface area contributed by atoms with Gasteiger partial charge in [-0.3, -0.25) is 0 Å². The van der Waals surface area contributed by atoms with Crippen LogP contribution in [0.25, 0.3) is 16.8 Å². The highest BCUT2D eigenvalue weighted by atomic mass is 19.1. The van der Waals surface area contributed by atoms with Crippen LogP contribution in [0.5, 0.6) is 0 Å². The minimum atomic E-state index is -1.16. The van der Waals surface area contributed by atoms with Crippen LogP contribution in [-0.2, 0) is 11.2 Å². The number of aromatic amines is 1. The van der Waals surface area contributed by atoms with E-state index in [1.807, 2.05) is 6.07 Å². The first kappa shape index (κ1) is 24.8. The summed E-state index contributed by atoms with van der Waals surface area (Å²) in [4.78, 5) is 17.0. The quantitative estimate of drug-likeness (QED) is 0.367. The van der Waals surface area contributed by atoms with Gasteiger partial charge in [0.15, 0.2) is 5.65 Å². The Kier molecular flexibility index (Phi) is 6.60. The van der Waals surface area contributed by atoms with Crippen molar-refractivity contribution in [2.24, 2.45) is 5.73 Å². The predicted molar refractivity (Wildman–Crippen MR) is 133 cm³/mol. The molecule has 1 fully saturated rings. The van der Waals surface area contributed by atoms with Crippen molar-refractivity contribution < 1.29 is 18.6 Å². The molecule has 1 atom stereocenters. The maximum absolute atomic E-state index is 13.8. The van der Waals surface area contributed by atoms with Crippen molar-refractivity contribution in [3.05, 3.63) is 87.2 Å². The second-order valence-electron chi connectivity index (χ2n) is 9.17. The van der Waals surface area contributed by atoms with Crippen LogP contribution >= 0.6 is 0 Å². The van der Waals surface area contributed by atoms with E-state index in [0.29, 0.717) is 65.5 Å². The van der Waals surface area contributed by atoms with Crippen LogP contribution in [0.15, 0.2) is 47.3 Å². The number of rotatable bonds is 4. The minimum absolute atomic E-state index is 0.111. The summed E-state index contributed by atoms with van der Waals surface area (Å²) >= 11 is 0. The Morgan fingerprint density at radius 1 is 1.16 bits per heavy atom. The van der Waals surface area contributed by atoms with Crippen LogP contribution in [0.3, 0.4) is 0 Å². The monoisotopic (exact) mass is 505 g/mol. The predicted octanol–water partition coefficient (Wildman–Crippen LogP) is 2.81. The number of hydrogen-bond acceptors (Lipinski definition) is 6. The fourth-order valence-corrected chi connectivity index (χ4v) is 4.58. The molecule has 1 aliphatic rings. The Morgan fingerprint density at radius 2 is 1.86 bits per heavy atom. The molecule has 37 heavy (non-hydrogen) atoms. The zero-order valence-electron chi connectivity index (χ0n) is 20.1. The number of halogens is 2. The molecule has 10 heteroatoms. The summed E-state index contributed by atoms with van der Waals surface area (Å²) < 4.78 is 34.4. The normalized spacial score (nSPS) is 15.8. The van der Waals surface area contributed by atoms with Crippen molar-refractivity contribution in [3.63, 3.8) is 0 Å². The van der Waals surface area contributed by atoms with Gasteiger partial charge >= 0.3 is 5.69 Å². The molecule has 8 nitrogen and oxygen atoms in total. The van der Waals surface area contributed by atoms with E-state index in [1.54, 1.807) is 25.1 Å². The molecule has 0 unspecified atom stereocenters. The number of aromatic nitrogens is 4. The molecule has 0 spiro atoms. The number of hydrogen-bond donors (Lipinski definition) is 3. The molecule has 190 valence electrons. The largest absolute Gasteiger partial charge is 0.381 e. The summed E-state index contributed by atoms with van der Waals surface area (Å²) in [7, 11) is 0. The molecule has 5 rings (SSSR count). The fourth-order valence-electron chi connectivity index (χ4n) is 4.58. The van der Waals surface area contributed by atoms with E-state index in [2.05, 4.69) is 22.0 Å². The average molecular weight is 506 g/mol. The summed E-state index contributed by atoms with van der Waals surface area (Å²) in [6.45, 7) is 2.63. The number of benzene rings is 1. The lowest BCUT2D eigenvalue weighted by Crippen LogP contribution is -2.34. The molecule has 1 aliphatic heterocycles. The molecule has 1 saturated heterocycles. The van der Waals surface area contributed by atoms with E-state index in [1.165, 1.54) is 16.5 Å². The summed E-state index contributed by atoms with van der Waals surface area (Å²) in [5, 5.41) is 17.1. The van der Waals surface area contributed by atoms with Gasteiger partial charge in [-0.15, -0.1) is 0 Å². The third-order valence-electron chi connectivity index (χ3n) is 6.51. The van der Waals surface area contributed by atoms with Crippen LogP contribution in [0.4, 0.5) is 8.78 Å². The molecule has 0 aliphatic carbocycles. The first-order chi connectivity index (χ1) is 17.7. The highest BCUT2D eigenvalue weighted by molar-refractivity contribution is 5.71. The van der Waals surface area contributed by atoms with Gasteiger partial charge in [-0.1, -0.05) is 5.92 Å². The van der Waals surface area contributed by atoms with Crippen LogP contribution < -0.4 is 11.4 Å². The van der Waals surface area contributed by atoms with Gasteiger partial charge in [0.25, 0.3) is 0 Å². The van der Waals surface area contributed by atoms with Crippen LogP contribution in [0, 0.1) is 30.4 Å². The number of aryl methyl sites for hydroxylation is 1. The van der Waals surface area contributed by atoms with Crippen LogP contribution in [0.2, 0.25) is 0 Å². The first-order valence-electron chi connectivity index (χ1n) is 11.8. The second kappa shape index (κ2) is 9.86. The van der Waals surface area contributed by atoms with Gasteiger partial charge in [-0.05, 0) is 61.2 Å². The van der Waals surface area contributed by atoms with Gasteiger partial charge in [0, 0.05) is 35.7 Å². The summed E-state index contributed by atoms with van der Waals surface area (Å²) in [5.74, 6) is 4.47. The molecular weight excluding hydrogens is 480 g/mol. The SMILES string of the molecule is Cc1c(-c2ccc(C#CC3(O)CCOCC3)nc2[C@@H](N)Cc2cc(F)cc(F)c2)ccc2n[nH]c(=O)n12.